The van der Waals surface area contributed by atoms with Crippen molar-refractivity contribution in [1.82, 2.24) is 9.78 Å². The minimum absolute atomic E-state index is 0.201. The van der Waals surface area contributed by atoms with Gasteiger partial charge in [0.05, 0.1) is 11.3 Å². The smallest absolute Gasteiger partial charge is 0.336 e. The lowest BCUT2D eigenvalue weighted by atomic mass is 10.2. The molecule has 5 nitrogen and oxygen atoms in total. The van der Waals surface area contributed by atoms with E-state index in [0.717, 1.165) is 11.4 Å². The summed E-state index contributed by atoms with van der Waals surface area (Å²) in [5.41, 5.74) is 1.90. The van der Waals surface area contributed by atoms with E-state index in [1.54, 1.807) is 16.8 Å². The van der Waals surface area contributed by atoms with Gasteiger partial charge in [0.1, 0.15) is 11.4 Å². The summed E-state index contributed by atoms with van der Waals surface area (Å²) in [5.74, 6) is 0.278. The van der Waals surface area contributed by atoms with Gasteiger partial charge < -0.3 is 9.84 Å². The molecule has 0 fully saturated rings. The Morgan fingerprint density at radius 2 is 2.11 bits per heavy atom. The molecule has 0 aliphatic rings. The second-order valence-corrected chi connectivity index (χ2v) is 5.03. The van der Waals surface area contributed by atoms with Crippen molar-refractivity contribution < 1.29 is 14.6 Å². The zero-order valence-electron chi connectivity index (χ0n) is 10.8. The highest BCUT2D eigenvalue weighted by Crippen LogP contribution is 2.30. The maximum atomic E-state index is 10.9. The van der Waals surface area contributed by atoms with Crippen LogP contribution in [0.4, 0.5) is 0 Å². The number of aromatic nitrogens is 2. The Bertz CT molecular complexity index is 650. The zero-order valence-corrected chi connectivity index (χ0v) is 12.4. The lowest BCUT2D eigenvalue weighted by Crippen LogP contribution is -1.98. The lowest BCUT2D eigenvalue weighted by molar-refractivity contribution is 0.0696. The van der Waals surface area contributed by atoms with Crippen LogP contribution < -0.4 is 4.74 Å². The number of carbonyl (C=O) groups is 1. The number of rotatable bonds is 3. The van der Waals surface area contributed by atoms with Gasteiger partial charge in [0.25, 0.3) is 0 Å². The van der Waals surface area contributed by atoms with Crippen LogP contribution in [-0.4, -0.2) is 20.9 Å². The van der Waals surface area contributed by atoms with Crippen molar-refractivity contribution in [3.8, 4) is 11.5 Å². The molecule has 1 aromatic carbocycles. The predicted molar refractivity (Wildman–Crippen MR) is 73.9 cm³/mol. The molecule has 0 saturated heterocycles. The van der Waals surface area contributed by atoms with Crippen molar-refractivity contribution >= 4 is 21.9 Å². The molecule has 0 spiro atoms. The molecular formula is C13H13BrN2O3. The van der Waals surface area contributed by atoms with Crippen LogP contribution in [0.2, 0.25) is 0 Å². The van der Waals surface area contributed by atoms with Gasteiger partial charge in [0, 0.05) is 11.5 Å². The fourth-order valence-electron chi connectivity index (χ4n) is 1.75. The molecule has 1 N–H and O–H groups in total. The molecule has 100 valence electrons. The van der Waals surface area contributed by atoms with E-state index in [2.05, 4.69) is 21.0 Å². The van der Waals surface area contributed by atoms with Gasteiger partial charge in [-0.15, -0.1) is 0 Å². The molecule has 6 heteroatoms. The number of halogens is 1. The van der Waals surface area contributed by atoms with Crippen molar-refractivity contribution in [2.24, 2.45) is 7.05 Å². The van der Waals surface area contributed by atoms with Crippen molar-refractivity contribution in [3.63, 3.8) is 0 Å². The third-order valence-corrected chi connectivity index (χ3v) is 3.49. The standard InChI is InChI=1S/C13H13BrN2O3/c1-7-12(8(2)16(3)15-7)19-9-4-5-10(13(17)18)11(14)6-9/h4-6H,1-3H3,(H,17,18). The average Bonchev–Trinajstić information content (AvgIpc) is 2.56. The quantitative estimate of drug-likeness (QED) is 0.940. The Hall–Kier alpha value is -1.82. The summed E-state index contributed by atoms with van der Waals surface area (Å²) in [6.45, 7) is 3.78. The van der Waals surface area contributed by atoms with E-state index in [-0.39, 0.29) is 5.56 Å². The predicted octanol–water partition coefficient (Wildman–Crippen LogP) is 3.29. The molecule has 0 amide bonds. The lowest BCUT2D eigenvalue weighted by Gasteiger charge is -2.07. The number of hydrogen-bond acceptors (Lipinski definition) is 3. The van der Waals surface area contributed by atoms with E-state index in [4.69, 9.17) is 9.84 Å². The van der Waals surface area contributed by atoms with E-state index in [0.29, 0.717) is 16.0 Å². The maximum absolute atomic E-state index is 10.9. The van der Waals surface area contributed by atoms with Gasteiger partial charge in [0.2, 0.25) is 0 Å². The molecule has 0 saturated carbocycles. The van der Waals surface area contributed by atoms with Crippen LogP contribution >= 0.6 is 15.9 Å². The number of hydrogen-bond donors (Lipinski definition) is 1. The Morgan fingerprint density at radius 1 is 1.42 bits per heavy atom. The molecule has 0 atom stereocenters. The van der Waals surface area contributed by atoms with Crippen molar-refractivity contribution in [3.05, 3.63) is 39.6 Å². The molecule has 1 aromatic heterocycles. The zero-order chi connectivity index (χ0) is 14.2. The van der Waals surface area contributed by atoms with Gasteiger partial charge >= 0.3 is 5.97 Å². The summed E-state index contributed by atoms with van der Waals surface area (Å²) < 4.78 is 7.99. The average molecular weight is 325 g/mol. The van der Waals surface area contributed by atoms with Crippen LogP contribution in [0.3, 0.4) is 0 Å². The maximum Gasteiger partial charge on any atom is 0.336 e. The van der Waals surface area contributed by atoms with Gasteiger partial charge in [0.15, 0.2) is 5.75 Å². The highest BCUT2D eigenvalue weighted by atomic mass is 79.9. The molecule has 0 bridgehead atoms. The van der Waals surface area contributed by atoms with Crippen molar-refractivity contribution in [2.75, 3.05) is 0 Å². The van der Waals surface area contributed by atoms with Gasteiger partial charge in [-0.2, -0.15) is 5.10 Å². The minimum atomic E-state index is -0.979. The van der Waals surface area contributed by atoms with E-state index in [9.17, 15) is 4.79 Å². The first-order valence-corrected chi connectivity index (χ1v) is 6.40. The summed E-state index contributed by atoms with van der Waals surface area (Å²) in [7, 11) is 1.85. The monoisotopic (exact) mass is 324 g/mol. The SMILES string of the molecule is Cc1nn(C)c(C)c1Oc1ccc(C(=O)O)c(Br)c1. The Labute approximate surface area is 118 Å². The van der Waals surface area contributed by atoms with Crippen LogP contribution in [0.5, 0.6) is 11.5 Å². The highest BCUT2D eigenvalue weighted by molar-refractivity contribution is 9.10. The number of aryl methyl sites for hydroxylation is 2. The van der Waals surface area contributed by atoms with Crippen LogP contribution in [0, 0.1) is 13.8 Å². The number of nitrogens with zero attached hydrogens (tertiary/aromatic N) is 2. The minimum Gasteiger partial charge on any atom is -0.478 e. The van der Waals surface area contributed by atoms with E-state index in [1.807, 2.05) is 20.9 Å². The number of aromatic carboxylic acids is 1. The largest absolute Gasteiger partial charge is 0.478 e. The first-order valence-electron chi connectivity index (χ1n) is 5.61. The van der Waals surface area contributed by atoms with Crippen LogP contribution in [0.1, 0.15) is 21.7 Å². The third kappa shape index (κ3) is 2.63. The summed E-state index contributed by atoms with van der Waals surface area (Å²) in [5, 5.41) is 13.2. The van der Waals surface area contributed by atoms with Crippen LogP contribution in [-0.2, 0) is 7.05 Å². The first kappa shape index (κ1) is 13.6. The third-order valence-electron chi connectivity index (χ3n) is 2.83. The van der Waals surface area contributed by atoms with Gasteiger partial charge in [-0.25, -0.2) is 4.79 Å². The molecule has 2 aromatic rings. The molecule has 1 heterocycles. The second-order valence-electron chi connectivity index (χ2n) is 4.17. The number of ether oxygens (including phenoxy) is 1. The van der Waals surface area contributed by atoms with Crippen molar-refractivity contribution in [2.45, 2.75) is 13.8 Å². The number of carboxylic acids is 1. The molecule has 0 aliphatic carbocycles. The fourth-order valence-corrected chi connectivity index (χ4v) is 2.28. The molecule has 0 unspecified atom stereocenters. The summed E-state index contributed by atoms with van der Waals surface area (Å²) in [4.78, 5) is 10.9. The molecule has 19 heavy (non-hydrogen) atoms. The fraction of sp³-hybridized carbons (Fsp3) is 0.231. The van der Waals surface area contributed by atoms with Gasteiger partial charge in [-0.05, 0) is 48.0 Å². The highest BCUT2D eigenvalue weighted by Gasteiger charge is 2.14. The Balaban J connectivity index is 2.34. The number of benzene rings is 1. The summed E-state index contributed by atoms with van der Waals surface area (Å²) >= 11 is 3.22. The van der Waals surface area contributed by atoms with E-state index < -0.39 is 5.97 Å². The van der Waals surface area contributed by atoms with Crippen LogP contribution in [0.15, 0.2) is 22.7 Å². The summed E-state index contributed by atoms with van der Waals surface area (Å²) in [6.07, 6.45) is 0. The van der Waals surface area contributed by atoms with Crippen LogP contribution in [0.25, 0.3) is 0 Å². The van der Waals surface area contributed by atoms with E-state index in [1.165, 1.54) is 6.07 Å². The molecule has 0 aliphatic heterocycles. The molecule has 0 radical (unpaired) electrons. The summed E-state index contributed by atoms with van der Waals surface area (Å²) in [6, 6.07) is 4.76. The normalized spacial score (nSPS) is 10.5. The van der Waals surface area contributed by atoms with Crippen molar-refractivity contribution in [1.29, 1.82) is 0 Å². The van der Waals surface area contributed by atoms with Gasteiger partial charge in [-0.3, -0.25) is 4.68 Å². The van der Waals surface area contributed by atoms with E-state index >= 15 is 0 Å². The first-order chi connectivity index (χ1) is 8.90. The number of carboxylic acid groups (broad SMARTS) is 1. The Kier molecular flexibility index (Phi) is 3.61. The molecular weight excluding hydrogens is 312 g/mol. The Morgan fingerprint density at radius 3 is 2.58 bits per heavy atom. The molecule has 2 rings (SSSR count). The van der Waals surface area contributed by atoms with Gasteiger partial charge in [-0.1, -0.05) is 0 Å². The second kappa shape index (κ2) is 5.05. The topological polar surface area (TPSA) is 64.4 Å².